The van der Waals surface area contributed by atoms with Gasteiger partial charge in [-0.1, -0.05) is 17.7 Å². The summed E-state index contributed by atoms with van der Waals surface area (Å²) in [4.78, 5) is 10.9. The summed E-state index contributed by atoms with van der Waals surface area (Å²) in [5.74, 6) is 0. The van der Waals surface area contributed by atoms with E-state index in [0.29, 0.717) is 11.3 Å². The predicted octanol–water partition coefficient (Wildman–Crippen LogP) is 2.53. The van der Waals surface area contributed by atoms with Gasteiger partial charge in [-0.3, -0.25) is 4.79 Å². The predicted molar refractivity (Wildman–Crippen MR) is 44.2 cm³/mol. The minimum atomic E-state index is 0.505. The average Bonchev–Trinajstić information content (AvgIpc) is 2.38. The van der Waals surface area contributed by atoms with Crippen molar-refractivity contribution in [3.8, 4) is 0 Å². The van der Waals surface area contributed by atoms with E-state index >= 15 is 0 Å². The second-order valence-electron chi connectivity index (χ2n) is 1.63. The van der Waals surface area contributed by atoms with Crippen molar-refractivity contribution in [1.29, 1.82) is 0 Å². The molecule has 1 rings (SSSR count). The van der Waals surface area contributed by atoms with Crippen LogP contribution in [-0.2, 0) is 4.79 Å². The second-order valence-corrected chi connectivity index (χ2v) is 2.98. The molecule has 0 bridgehead atoms. The first-order valence-electron chi connectivity index (χ1n) is 2.69. The molecule has 0 spiro atoms. The monoisotopic (exact) mass is 172 g/mol. The Kier molecular flexibility index (Phi) is 2.66. The summed E-state index contributed by atoms with van der Waals surface area (Å²) in [7, 11) is 0. The van der Waals surface area contributed by atoms with Crippen molar-refractivity contribution in [3.05, 3.63) is 28.5 Å². The van der Waals surface area contributed by atoms with E-state index < -0.39 is 0 Å². The van der Waals surface area contributed by atoms with Gasteiger partial charge in [0.25, 0.3) is 0 Å². The molecule has 52 valence electrons. The van der Waals surface area contributed by atoms with Gasteiger partial charge in [0.1, 0.15) is 6.29 Å². The number of halogens is 1. The van der Waals surface area contributed by atoms with E-state index in [2.05, 4.69) is 0 Å². The number of carbonyl (C=O) groups excluding carboxylic acids is 1. The molecule has 1 nitrogen and oxygen atoms in total. The maximum atomic E-state index is 9.95. The second kappa shape index (κ2) is 3.54. The molecule has 0 atom stereocenters. The molecule has 1 heterocycles. The fourth-order valence-electron chi connectivity index (χ4n) is 0.556. The number of carbonyl (C=O) groups is 1. The molecule has 0 aliphatic carbocycles. The molecule has 3 heteroatoms. The smallest absolute Gasteiger partial charge is 0.144 e. The van der Waals surface area contributed by atoms with Gasteiger partial charge in [0, 0.05) is 4.88 Å². The van der Waals surface area contributed by atoms with Crippen LogP contribution < -0.4 is 0 Å². The fourth-order valence-corrected chi connectivity index (χ4v) is 1.45. The summed E-state index contributed by atoms with van der Waals surface area (Å²) in [6, 6.07) is 3.76. The Morgan fingerprint density at radius 1 is 1.70 bits per heavy atom. The Morgan fingerprint density at radius 3 is 3.00 bits per heavy atom. The van der Waals surface area contributed by atoms with Crippen molar-refractivity contribution in [2.75, 3.05) is 0 Å². The molecular formula is C7H5ClOS. The molecule has 1 aromatic rings. The lowest BCUT2D eigenvalue weighted by molar-refractivity contribution is -0.104. The van der Waals surface area contributed by atoms with Gasteiger partial charge in [-0.25, -0.2) is 0 Å². The summed E-state index contributed by atoms with van der Waals surface area (Å²) in [6.07, 6.45) is 2.02. The van der Waals surface area contributed by atoms with Crippen LogP contribution in [0.2, 0.25) is 0 Å². The van der Waals surface area contributed by atoms with Crippen LogP contribution in [0.4, 0.5) is 0 Å². The lowest BCUT2D eigenvalue weighted by atomic mass is 10.4. The number of hydrogen-bond donors (Lipinski definition) is 0. The molecular weight excluding hydrogens is 168 g/mol. The molecule has 0 N–H and O–H groups in total. The van der Waals surface area contributed by atoms with Crippen molar-refractivity contribution in [2.24, 2.45) is 0 Å². The maximum absolute atomic E-state index is 9.95. The first-order chi connectivity index (χ1) is 4.84. The maximum Gasteiger partial charge on any atom is 0.144 e. The van der Waals surface area contributed by atoms with Crippen molar-refractivity contribution in [3.63, 3.8) is 0 Å². The van der Waals surface area contributed by atoms with E-state index in [1.54, 1.807) is 0 Å². The molecule has 0 unspecified atom stereocenters. The van der Waals surface area contributed by atoms with Crippen LogP contribution >= 0.6 is 22.9 Å². The Morgan fingerprint density at radius 2 is 2.50 bits per heavy atom. The number of aldehydes is 1. The van der Waals surface area contributed by atoms with Crippen LogP contribution in [0.3, 0.4) is 0 Å². The van der Waals surface area contributed by atoms with Gasteiger partial charge in [0.15, 0.2) is 0 Å². The molecule has 0 radical (unpaired) electrons. The summed E-state index contributed by atoms with van der Waals surface area (Å²) < 4.78 is 0. The summed E-state index contributed by atoms with van der Waals surface area (Å²) in [6.45, 7) is 0. The van der Waals surface area contributed by atoms with Crippen molar-refractivity contribution >= 4 is 34.3 Å². The van der Waals surface area contributed by atoms with E-state index in [0.717, 1.165) is 4.88 Å². The first-order valence-corrected chi connectivity index (χ1v) is 3.95. The molecule has 0 aliphatic rings. The first kappa shape index (κ1) is 7.51. The van der Waals surface area contributed by atoms with Gasteiger partial charge in [-0.2, -0.15) is 0 Å². The van der Waals surface area contributed by atoms with Gasteiger partial charge in [-0.15, -0.1) is 11.3 Å². The Bertz CT molecular complexity index is 238. The zero-order valence-corrected chi connectivity index (χ0v) is 6.65. The number of rotatable bonds is 2. The molecule has 0 amide bonds. The molecule has 10 heavy (non-hydrogen) atoms. The summed E-state index contributed by atoms with van der Waals surface area (Å²) >= 11 is 7.20. The minimum Gasteiger partial charge on any atom is -0.299 e. The van der Waals surface area contributed by atoms with Gasteiger partial charge in [0.2, 0.25) is 0 Å². The van der Waals surface area contributed by atoms with Crippen molar-refractivity contribution < 1.29 is 4.79 Å². The van der Waals surface area contributed by atoms with Gasteiger partial charge in [0.05, 0.1) is 5.03 Å². The van der Waals surface area contributed by atoms with Crippen LogP contribution in [0.5, 0.6) is 0 Å². The van der Waals surface area contributed by atoms with Crippen LogP contribution in [-0.4, -0.2) is 6.29 Å². The normalized spacial score (nSPS) is 11.5. The van der Waals surface area contributed by atoms with E-state index in [1.807, 2.05) is 17.5 Å². The molecule has 1 aromatic heterocycles. The standard InChI is InChI=1S/C7H5ClOS/c8-6(3-4-9)7-2-1-5-10-7/h1-5H/b6-3-. The summed E-state index contributed by atoms with van der Waals surface area (Å²) in [5.41, 5.74) is 0. The Labute approximate surface area is 67.9 Å². The molecule has 0 saturated heterocycles. The zero-order valence-electron chi connectivity index (χ0n) is 5.08. The van der Waals surface area contributed by atoms with Crippen LogP contribution in [0.15, 0.2) is 23.6 Å². The van der Waals surface area contributed by atoms with E-state index in [-0.39, 0.29) is 0 Å². The topological polar surface area (TPSA) is 17.1 Å². The quantitative estimate of drug-likeness (QED) is 0.495. The average molecular weight is 173 g/mol. The van der Waals surface area contributed by atoms with E-state index in [9.17, 15) is 4.79 Å². The third-order valence-corrected chi connectivity index (χ3v) is 2.32. The van der Waals surface area contributed by atoms with E-state index in [1.165, 1.54) is 17.4 Å². The Balaban J connectivity index is 2.86. The van der Waals surface area contributed by atoms with Gasteiger partial charge < -0.3 is 0 Å². The van der Waals surface area contributed by atoms with Gasteiger partial charge in [-0.05, 0) is 17.5 Å². The fraction of sp³-hybridized carbons (Fsp3) is 0. The van der Waals surface area contributed by atoms with E-state index in [4.69, 9.17) is 11.6 Å². The lowest BCUT2D eigenvalue weighted by Crippen LogP contribution is -1.67. The van der Waals surface area contributed by atoms with Crippen molar-refractivity contribution in [2.45, 2.75) is 0 Å². The number of allylic oxidation sites excluding steroid dienone is 1. The molecule has 0 saturated carbocycles. The largest absolute Gasteiger partial charge is 0.299 e. The molecule has 0 fully saturated rings. The van der Waals surface area contributed by atoms with Crippen LogP contribution in [0.25, 0.3) is 5.03 Å². The highest BCUT2D eigenvalue weighted by Crippen LogP contribution is 2.22. The van der Waals surface area contributed by atoms with Crippen molar-refractivity contribution in [1.82, 2.24) is 0 Å². The third-order valence-electron chi connectivity index (χ3n) is 0.971. The highest BCUT2D eigenvalue weighted by molar-refractivity contribution is 7.12. The highest BCUT2D eigenvalue weighted by Gasteiger charge is 1.95. The minimum absolute atomic E-state index is 0.505. The number of thiophene rings is 1. The lowest BCUT2D eigenvalue weighted by Gasteiger charge is -1.86. The number of hydrogen-bond acceptors (Lipinski definition) is 2. The van der Waals surface area contributed by atoms with Crippen LogP contribution in [0, 0.1) is 0 Å². The third kappa shape index (κ3) is 1.69. The highest BCUT2D eigenvalue weighted by atomic mass is 35.5. The molecule has 0 aromatic carbocycles. The molecule has 0 aliphatic heterocycles. The van der Waals surface area contributed by atoms with Crippen LogP contribution in [0.1, 0.15) is 4.88 Å². The summed E-state index contributed by atoms with van der Waals surface area (Å²) in [5, 5.41) is 2.42. The zero-order chi connectivity index (χ0) is 7.40. The van der Waals surface area contributed by atoms with Gasteiger partial charge >= 0.3 is 0 Å². The Hall–Kier alpha value is -0.600. The SMILES string of the molecule is O=C/C=C(\Cl)c1cccs1.